The van der Waals surface area contributed by atoms with Crippen molar-refractivity contribution in [1.82, 2.24) is 9.55 Å². The average Bonchev–Trinajstić information content (AvgIpc) is 2.84. The Balaban J connectivity index is 1.84. The van der Waals surface area contributed by atoms with Crippen molar-refractivity contribution in [2.45, 2.75) is 52.7 Å². The van der Waals surface area contributed by atoms with E-state index >= 15 is 0 Å². The monoisotopic (exact) mass is 376 g/mol. The first-order valence-electron chi connectivity index (χ1n) is 9.55. The highest BCUT2D eigenvalue weighted by atomic mass is 16.7. The molecule has 1 aromatic heterocycles. The fourth-order valence-electron chi connectivity index (χ4n) is 3.60. The van der Waals surface area contributed by atoms with E-state index in [9.17, 15) is 4.79 Å². The summed E-state index contributed by atoms with van der Waals surface area (Å²) >= 11 is 0. The first-order valence-corrected chi connectivity index (χ1v) is 9.55. The number of para-hydroxylation sites is 1. The van der Waals surface area contributed by atoms with Gasteiger partial charge in [0.25, 0.3) is 5.56 Å². The van der Waals surface area contributed by atoms with E-state index in [1.54, 1.807) is 10.9 Å². The number of aryl methyl sites for hydroxylation is 1. The summed E-state index contributed by atoms with van der Waals surface area (Å²) < 4.78 is 14.0. The molecule has 0 bridgehead atoms. The SMILES string of the molecule is Cc1c(B2OC(C)(C)C(C)(C)O2)cccc1-n1cnc2c(C)cccc2c1=O. The molecular formula is C22H25BN2O3. The maximum Gasteiger partial charge on any atom is 0.495 e. The molecule has 0 amide bonds. The van der Waals surface area contributed by atoms with E-state index in [0.29, 0.717) is 5.39 Å². The largest absolute Gasteiger partial charge is 0.495 e. The third-order valence-corrected chi connectivity index (χ3v) is 6.10. The second kappa shape index (κ2) is 6.29. The molecule has 1 aliphatic heterocycles. The predicted molar refractivity (Wildman–Crippen MR) is 113 cm³/mol. The summed E-state index contributed by atoms with van der Waals surface area (Å²) in [5.74, 6) is 0. The van der Waals surface area contributed by atoms with Gasteiger partial charge in [-0.25, -0.2) is 4.98 Å². The molecule has 0 spiro atoms. The predicted octanol–water partition coefficient (Wildman–Crippen LogP) is 3.30. The molecular weight excluding hydrogens is 351 g/mol. The number of fused-ring (bicyclic) bond motifs is 1. The van der Waals surface area contributed by atoms with Crippen LogP contribution in [0.3, 0.4) is 0 Å². The Morgan fingerprint density at radius 2 is 1.61 bits per heavy atom. The van der Waals surface area contributed by atoms with Crippen molar-refractivity contribution in [1.29, 1.82) is 0 Å². The summed E-state index contributed by atoms with van der Waals surface area (Å²) in [4.78, 5) is 17.7. The van der Waals surface area contributed by atoms with Gasteiger partial charge in [0.2, 0.25) is 0 Å². The van der Waals surface area contributed by atoms with Crippen molar-refractivity contribution in [3.05, 3.63) is 64.2 Å². The zero-order valence-corrected chi connectivity index (χ0v) is 17.2. The van der Waals surface area contributed by atoms with Crippen molar-refractivity contribution >= 4 is 23.5 Å². The molecule has 0 radical (unpaired) electrons. The summed E-state index contributed by atoms with van der Waals surface area (Å²) in [5, 5.41) is 0.614. The second-order valence-electron chi connectivity index (χ2n) is 8.47. The number of hydrogen-bond acceptors (Lipinski definition) is 4. The lowest BCUT2D eigenvalue weighted by Crippen LogP contribution is -2.41. The summed E-state index contributed by atoms with van der Waals surface area (Å²) in [6.45, 7) is 12.1. The van der Waals surface area contributed by atoms with Crippen LogP contribution in [0.1, 0.15) is 38.8 Å². The van der Waals surface area contributed by atoms with Crippen LogP contribution in [0, 0.1) is 13.8 Å². The number of rotatable bonds is 2. The van der Waals surface area contributed by atoms with Gasteiger partial charge in [0.1, 0.15) is 6.33 Å². The topological polar surface area (TPSA) is 53.4 Å². The number of hydrogen-bond donors (Lipinski definition) is 0. The molecule has 2 aromatic carbocycles. The highest BCUT2D eigenvalue weighted by Crippen LogP contribution is 2.36. The second-order valence-corrected chi connectivity index (χ2v) is 8.47. The van der Waals surface area contributed by atoms with E-state index in [1.165, 1.54) is 0 Å². The van der Waals surface area contributed by atoms with Crippen LogP contribution in [-0.2, 0) is 9.31 Å². The third-order valence-electron chi connectivity index (χ3n) is 6.10. The molecule has 28 heavy (non-hydrogen) atoms. The van der Waals surface area contributed by atoms with Crippen LogP contribution in [0.2, 0.25) is 0 Å². The Kier molecular flexibility index (Phi) is 4.25. The third kappa shape index (κ3) is 2.79. The van der Waals surface area contributed by atoms with Crippen LogP contribution in [0.25, 0.3) is 16.6 Å². The van der Waals surface area contributed by atoms with Crippen molar-refractivity contribution in [3.63, 3.8) is 0 Å². The van der Waals surface area contributed by atoms with Gasteiger partial charge in [0, 0.05) is 0 Å². The average molecular weight is 376 g/mol. The van der Waals surface area contributed by atoms with Crippen molar-refractivity contribution in [3.8, 4) is 5.69 Å². The van der Waals surface area contributed by atoms with Crippen LogP contribution < -0.4 is 11.0 Å². The van der Waals surface area contributed by atoms with Crippen molar-refractivity contribution in [2.75, 3.05) is 0 Å². The first kappa shape index (κ1) is 18.9. The molecule has 1 fully saturated rings. The lowest BCUT2D eigenvalue weighted by molar-refractivity contribution is 0.00578. The summed E-state index contributed by atoms with van der Waals surface area (Å²) in [5.41, 5.74) is 3.46. The molecule has 2 heterocycles. The first-order chi connectivity index (χ1) is 13.1. The standard InChI is InChI=1S/C22H25BN2O3/c1-14-9-7-10-16-19(14)24-13-25(20(16)26)18-12-8-11-17(15(18)2)23-27-21(3,4)22(5,6)28-23/h7-13H,1-6H3. The molecule has 5 nitrogen and oxygen atoms in total. The minimum Gasteiger partial charge on any atom is -0.399 e. The van der Waals surface area contributed by atoms with Crippen LogP contribution >= 0.6 is 0 Å². The molecule has 0 N–H and O–H groups in total. The molecule has 1 saturated heterocycles. The quantitative estimate of drug-likeness (QED) is 0.644. The minimum atomic E-state index is -0.476. The fourth-order valence-corrected chi connectivity index (χ4v) is 3.60. The van der Waals surface area contributed by atoms with E-state index in [1.807, 2.05) is 77.9 Å². The Hall–Kier alpha value is -2.44. The molecule has 4 rings (SSSR count). The Morgan fingerprint density at radius 1 is 0.964 bits per heavy atom. The van der Waals surface area contributed by atoms with Gasteiger partial charge in [-0.3, -0.25) is 9.36 Å². The fraction of sp³-hybridized carbons (Fsp3) is 0.364. The van der Waals surface area contributed by atoms with Crippen molar-refractivity contribution in [2.24, 2.45) is 0 Å². The molecule has 1 aliphatic rings. The molecule has 144 valence electrons. The highest BCUT2D eigenvalue weighted by Gasteiger charge is 2.52. The zero-order chi connectivity index (χ0) is 20.3. The lowest BCUT2D eigenvalue weighted by atomic mass is 9.76. The molecule has 0 unspecified atom stereocenters. The minimum absolute atomic E-state index is 0.0807. The van der Waals surface area contributed by atoms with E-state index in [2.05, 4.69) is 4.98 Å². The van der Waals surface area contributed by atoms with Crippen LogP contribution in [0.4, 0.5) is 0 Å². The van der Waals surface area contributed by atoms with Crippen LogP contribution in [0.15, 0.2) is 47.5 Å². The maximum absolute atomic E-state index is 13.1. The summed E-state index contributed by atoms with van der Waals surface area (Å²) in [7, 11) is -0.476. The van der Waals surface area contributed by atoms with Gasteiger partial charge < -0.3 is 9.31 Å². The Bertz CT molecular complexity index is 1120. The van der Waals surface area contributed by atoms with Gasteiger partial charge in [-0.05, 0) is 70.3 Å². The van der Waals surface area contributed by atoms with E-state index in [0.717, 1.165) is 27.8 Å². The molecule has 0 saturated carbocycles. The van der Waals surface area contributed by atoms with Gasteiger partial charge in [-0.2, -0.15) is 0 Å². The van der Waals surface area contributed by atoms with Crippen molar-refractivity contribution < 1.29 is 9.31 Å². The van der Waals surface area contributed by atoms with Gasteiger partial charge in [-0.1, -0.05) is 24.3 Å². The van der Waals surface area contributed by atoms with E-state index in [-0.39, 0.29) is 5.56 Å². The normalized spacial score (nSPS) is 18.0. The Morgan fingerprint density at radius 3 is 2.29 bits per heavy atom. The van der Waals surface area contributed by atoms with Crippen LogP contribution in [0.5, 0.6) is 0 Å². The maximum atomic E-state index is 13.1. The number of benzene rings is 2. The zero-order valence-electron chi connectivity index (χ0n) is 17.2. The summed E-state index contributed by atoms with van der Waals surface area (Å²) in [6, 6.07) is 11.5. The van der Waals surface area contributed by atoms with E-state index in [4.69, 9.17) is 9.31 Å². The van der Waals surface area contributed by atoms with Gasteiger partial charge in [0.05, 0.1) is 27.8 Å². The van der Waals surface area contributed by atoms with E-state index < -0.39 is 18.3 Å². The molecule has 6 heteroatoms. The van der Waals surface area contributed by atoms with Gasteiger partial charge >= 0.3 is 7.12 Å². The van der Waals surface area contributed by atoms with Gasteiger partial charge in [-0.15, -0.1) is 0 Å². The number of aromatic nitrogens is 2. The van der Waals surface area contributed by atoms with Gasteiger partial charge in [0.15, 0.2) is 0 Å². The lowest BCUT2D eigenvalue weighted by Gasteiger charge is -2.32. The highest BCUT2D eigenvalue weighted by molar-refractivity contribution is 6.62. The smallest absolute Gasteiger partial charge is 0.399 e. The molecule has 3 aromatic rings. The summed E-state index contributed by atoms with van der Waals surface area (Å²) in [6.07, 6.45) is 1.61. The van der Waals surface area contributed by atoms with Crippen LogP contribution in [-0.4, -0.2) is 27.9 Å². The number of nitrogens with zero attached hydrogens (tertiary/aromatic N) is 2. The molecule has 0 atom stereocenters. The Labute approximate surface area is 165 Å². The molecule has 0 aliphatic carbocycles.